The van der Waals surface area contributed by atoms with Gasteiger partial charge in [0.1, 0.15) is 5.82 Å². The Morgan fingerprint density at radius 1 is 1.37 bits per heavy atom. The topological polar surface area (TPSA) is 46.3 Å². The van der Waals surface area contributed by atoms with Crippen LogP contribution in [-0.2, 0) is 4.79 Å². The molecule has 7 heteroatoms. The molecule has 1 amide bonds. The number of hydrogen-bond donors (Lipinski definition) is 1. The van der Waals surface area contributed by atoms with E-state index in [0.717, 1.165) is 17.0 Å². The molecule has 2 N–H and O–H groups in total. The first-order valence-electron chi connectivity index (χ1n) is 5.54. The zero-order valence-corrected chi connectivity index (χ0v) is 10.5. The van der Waals surface area contributed by atoms with Gasteiger partial charge < -0.3 is 10.6 Å². The lowest BCUT2D eigenvalue weighted by atomic mass is 10.0. The summed E-state index contributed by atoms with van der Waals surface area (Å²) in [5.74, 6) is -1.97. The molecule has 0 aliphatic carbocycles. The number of anilines is 1. The van der Waals surface area contributed by atoms with Crippen molar-refractivity contribution < 1.29 is 22.4 Å². The van der Waals surface area contributed by atoms with Gasteiger partial charge in [0.25, 0.3) is 5.91 Å². The molecule has 106 valence electrons. The highest BCUT2D eigenvalue weighted by Gasteiger charge is 2.55. The third-order valence-corrected chi connectivity index (χ3v) is 2.71. The lowest BCUT2D eigenvalue weighted by Crippen LogP contribution is -2.62. The second kappa shape index (κ2) is 5.16. The van der Waals surface area contributed by atoms with Gasteiger partial charge in [-0.15, -0.1) is 0 Å². The number of carbonyl (C=O) groups excluding carboxylic acids is 1. The smallest absolute Gasteiger partial charge is 0.311 e. The van der Waals surface area contributed by atoms with Crippen molar-refractivity contribution in [1.29, 1.82) is 0 Å². The Morgan fingerprint density at radius 2 is 1.95 bits per heavy atom. The molecule has 1 aromatic carbocycles. The zero-order valence-electron chi connectivity index (χ0n) is 10.5. The maximum Gasteiger partial charge on any atom is 0.415 e. The predicted octanol–water partition coefficient (Wildman–Crippen LogP) is 2.46. The highest BCUT2D eigenvalue weighted by atomic mass is 19.4. The van der Waals surface area contributed by atoms with E-state index >= 15 is 0 Å². The second-order valence-electron chi connectivity index (χ2n) is 4.23. The SMILES string of the molecule is CCN(C(=O)C(C)(N)C(F)(F)F)c1cccc(F)c1. The molecule has 0 aromatic heterocycles. The first-order chi connectivity index (χ1) is 8.61. The van der Waals surface area contributed by atoms with Crippen LogP contribution in [0.2, 0.25) is 0 Å². The molecule has 0 spiro atoms. The summed E-state index contributed by atoms with van der Waals surface area (Å²) in [5, 5.41) is 0. The molecule has 1 atom stereocenters. The minimum atomic E-state index is -4.88. The maximum absolute atomic E-state index is 13.1. The highest BCUT2D eigenvalue weighted by Crippen LogP contribution is 2.31. The Balaban J connectivity index is 3.15. The molecule has 1 rings (SSSR count). The van der Waals surface area contributed by atoms with Crippen LogP contribution in [0.5, 0.6) is 0 Å². The summed E-state index contributed by atoms with van der Waals surface area (Å²) in [6.07, 6.45) is -4.88. The monoisotopic (exact) mass is 278 g/mol. The standard InChI is InChI=1S/C12H14F4N2O/c1-3-18(9-6-4-5-8(13)7-9)10(19)11(2,17)12(14,15)16/h4-7H,3,17H2,1-2H3. The average Bonchev–Trinajstić information content (AvgIpc) is 2.28. The van der Waals surface area contributed by atoms with E-state index in [0.29, 0.717) is 6.92 Å². The number of benzene rings is 1. The largest absolute Gasteiger partial charge is 0.415 e. The van der Waals surface area contributed by atoms with E-state index in [1.54, 1.807) is 0 Å². The van der Waals surface area contributed by atoms with Crippen molar-refractivity contribution in [2.45, 2.75) is 25.6 Å². The van der Waals surface area contributed by atoms with Crippen molar-refractivity contribution in [2.24, 2.45) is 5.73 Å². The Kier molecular flexibility index (Phi) is 4.19. The van der Waals surface area contributed by atoms with Crippen LogP contribution in [0.3, 0.4) is 0 Å². The van der Waals surface area contributed by atoms with Crippen LogP contribution in [0.15, 0.2) is 24.3 Å². The van der Waals surface area contributed by atoms with Gasteiger partial charge in [-0.1, -0.05) is 6.07 Å². The van der Waals surface area contributed by atoms with Crippen LogP contribution >= 0.6 is 0 Å². The number of alkyl halides is 3. The fraction of sp³-hybridized carbons (Fsp3) is 0.417. The Morgan fingerprint density at radius 3 is 2.37 bits per heavy atom. The molecule has 1 aromatic rings. The average molecular weight is 278 g/mol. The Hall–Kier alpha value is -1.63. The van der Waals surface area contributed by atoms with Crippen molar-refractivity contribution in [3.8, 4) is 0 Å². The molecule has 0 aliphatic heterocycles. The molecule has 0 saturated heterocycles. The van der Waals surface area contributed by atoms with Gasteiger partial charge in [-0.3, -0.25) is 4.79 Å². The van der Waals surface area contributed by atoms with Gasteiger partial charge in [0.15, 0.2) is 5.54 Å². The summed E-state index contributed by atoms with van der Waals surface area (Å²) in [6.45, 7) is 2.03. The van der Waals surface area contributed by atoms with E-state index in [1.807, 2.05) is 0 Å². The molecule has 19 heavy (non-hydrogen) atoms. The summed E-state index contributed by atoms with van der Waals surface area (Å²) in [5.41, 5.74) is 2.10. The van der Waals surface area contributed by atoms with Crippen molar-refractivity contribution in [3.05, 3.63) is 30.1 Å². The fourth-order valence-corrected chi connectivity index (χ4v) is 1.49. The van der Waals surface area contributed by atoms with E-state index in [2.05, 4.69) is 0 Å². The van der Waals surface area contributed by atoms with E-state index < -0.39 is 23.4 Å². The summed E-state index contributed by atoms with van der Waals surface area (Å²) < 4.78 is 51.3. The molecule has 0 bridgehead atoms. The van der Waals surface area contributed by atoms with E-state index in [-0.39, 0.29) is 12.2 Å². The van der Waals surface area contributed by atoms with Gasteiger partial charge in [0.2, 0.25) is 0 Å². The van der Waals surface area contributed by atoms with Crippen LogP contribution in [-0.4, -0.2) is 24.2 Å². The number of nitrogens with zero attached hydrogens (tertiary/aromatic N) is 1. The van der Waals surface area contributed by atoms with Gasteiger partial charge >= 0.3 is 6.18 Å². The second-order valence-corrected chi connectivity index (χ2v) is 4.23. The van der Waals surface area contributed by atoms with Gasteiger partial charge in [-0.2, -0.15) is 13.2 Å². The highest BCUT2D eigenvalue weighted by molar-refractivity contribution is 6.00. The minimum absolute atomic E-state index is 0.0356. The van der Waals surface area contributed by atoms with Gasteiger partial charge in [-0.05, 0) is 32.0 Å². The lowest BCUT2D eigenvalue weighted by Gasteiger charge is -2.32. The van der Waals surface area contributed by atoms with Gasteiger partial charge in [0, 0.05) is 12.2 Å². The molecular formula is C12H14F4N2O. The molecule has 0 heterocycles. The number of halogens is 4. The fourth-order valence-electron chi connectivity index (χ4n) is 1.49. The number of amides is 1. The zero-order chi connectivity index (χ0) is 14.8. The summed E-state index contributed by atoms with van der Waals surface area (Å²) >= 11 is 0. The van der Waals surface area contributed by atoms with Crippen molar-refractivity contribution in [2.75, 3.05) is 11.4 Å². The normalized spacial score (nSPS) is 14.9. The minimum Gasteiger partial charge on any atom is -0.311 e. The molecule has 0 fully saturated rings. The van der Waals surface area contributed by atoms with Crippen molar-refractivity contribution in [3.63, 3.8) is 0 Å². The number of rotatable bonds is 3. The van der Waals surface area contributed by atoms with Crippen molar-refractivity contribution >= 4 is 11.6 Å². The first-order valence-corrected chi connectivity index (χ1v) is 5.54. The summed E-state index contributed by atoms with van der Waals surface area (Å²) in [6, 6.07) is 4.76. The van der Waals surface area contributed by atoms with Crippen LogP contribution in [0.25, 0.3) is 0 Å². The Bertz CT molecular complexity index is 471. The van der Waals surface area contributed by atoms with Crippen molar-refractivity contribution in [1.82, 2.24) is 0 Å². The summed E-state index contributed by atoms with van der Waals surface area (Å²) in [7, 11) is 0. The predicted molar refractivity (Wildman–Crippen MR) is 63.1 cm³/mol. The van der Waals surface area contributed by atoms with Gasteiger partial charge in [-0.25, -0.2) is 4.39 Å². The quantitative estimate of drug-likeness (QED) is 0.863. The molecule has 0 radical (unpaired) electrons. The number of hydrogen-bond acceptors (Lipinski definition) is 2. The number of carbonyl (C=O) groups is 1. The molecule has 0 saturated carbocycles. The Labute approximate surface area is 108 Å². The number of nitrogens with two attached hydrogens (primary N) is 1. The first kappa shape index (κ1) is 15.4. The third-order valence-electron chi connectivity index (χ3n) is 2.71. The van der Waals surface area contributed by atoms with E-state index in [9.17, 15) is 22.4 Å². The molecular weight excluding hydrogens is 264 g/mol. The summed E-state index contributed by atoms with van der Waals surface area (Å²) in [4.78, 5) is 12.7. The van der Waals surface area contributed by atoms with Crippen LogP contribution < -0.4 is 10.6 Å². The van der Waals surface area contributed by atoms with Crippen LogP contribution in [0, 0.1) is 5.82 Å². The van der Waals surface area contributed by atoms with Crippen LogP contribution in [0.4, 0.5) is 23.2 Å². The van der Waals surface area contributed by atoms with Crippen LogP contribution in [0.1, 0.15) is 13.8 Å². The van der Waals surface area contributed by atoms with Gasteiger partial charge in [0.05, 0.1) is 0 Å². The maximum atomic E-state index is 13.1. The van der Waals surface area contributed by atoms with E-state index in [1.165, 1.54) is 19.1 Å². The number of likely N-dealkylation sites (N-methyl/N-ethyl adjacent to an activating group) is 1. The molecule has 0 aliphatic rings. The third kappa shape index (κ3) is 3.04. The molecule has 1 unspecified atom stereocenters. The lowest BCUT2D eigenvalue weighted by molar-refractivity contribution is -0.185. The molecule has 3 nitrogen and oxygen atoms in total. The van der Waals surface area contributed by atoms with E-state index in [4.69, 9.17) is 5.73 Å².